The number of hydrogen-bond acceptors (Lipinski definition) is 3. The number of hydrogen-bond donors (Lipinski definition) is 0. The average Bonchev–Trinajstić information content (AvgIpc) is 2.32. The van der Waals surface area contributed by atoms with E-state index in [1.807, 2.05) is 13.8 Å². The van der Waals surface area contributed by atoms with E-state index in [4.69, 9.17) is 4.74 Å². The predicted octanol–water partition coefficient (Wildman–Crippen LogP) is 3.36. The molecule has 0 aromatic rings. The Labute approximate surface area is 105 Å². The van der Waals surface area contributed by atoms with Gasteiger partial charge in [-0.1, -0.05) is 27.2 Å². The third-order valence-electron chi connectivity index (χ3n) is 3.14. The maximum atomic E-state index is 12.0. The second kappa shape index (κ2) is 9.20. The van der Waals surface area contributed by atoms with E-state index in [2.05, 4.69) is 6.92 Å². The zero-order valence-electron chi connectivity index (χ0n) is 11.6. The molecular formula is C14H26O3. The van der Waals surface area contributed by atoms with Gasteiger partial charge >= 0.3 is 5.97 Å². The van der Waals surface area contributed by atoms with Gasteiger partial charge in [-0.05, 0) is 26.2 Å². The molecule has 17 heavy (non-hydrogen) atoms. The number of esters is 1. The van der Waals surface area contributed by atoms with Crippen LogP contribution in [0.3, 0.4) is 0 Å². The first kappa shape index (κ1) is 16.1. The van der Waals surface area contributed by atoms with E-state index < -0.39 is 0 Å². The summed E-state index contributed by atoms with van der Waals surface area (Å²) in [6.07, 6.45) is 3.91. The van der Waals surface area contributed by atoms with E-state index in [0.717, 1.165) is 19.3 Å². The fraction of sp³-hybridized carbons (Fsp3) is 0.857. The third kappa shape index (κ3) is 5.33. The van der Waals surface area contributed by atoms with Gasteiger partial charge in [-0.2, -0.15) is 0 Å². The summed E-state index contributed by atoms with van der Waals surface area (Å²) in [5.74, 6) is -0.421. The normalized spacial score (nSPS) is 14.1. The lowest BCUT2D eigenvalue weighted by Crippen LogP contribution is -2.30. The smallest absolute Gasteiger partial charge is 0.309 e. The van der Waals surface area contributed by atoms with Crippen molar-refractivity contribution in [2.24, 2.45) is 11.8 Å². The third-order valence-corrected chi connectivity index (χ3v) is 3.14. The highest BCUT2D eigenvalue weighted by Gasteiger charge is 2.31. The van der Waals surface area contributed by atoms with Gasteiger partial charge in [0.1, 0.15) is 5.78 Å². The van der Waals surface area contributed by atoms with Gasteiger partial charge in [-0.3, -0.25) is 9.59 Å². The molecule has 0 N–H and O–H groups in total. The molecule has 3 heteroatoms. The first-order valence-corrected chi connectivity index (χ1v) is 6.81. The van der Waals surface area contributed by atoms with Crippen molar-refractivity contribution >= 4 is 11.8 Å². The molecule has 0 aliphatic heterocycles. The maximum absolute atomic E-state index is 12.0. The van der Waals surface area contributed by atoms with Crippen LogP contribution in [0.1, 0.15) is 59.8 Å². The van der Waals surface area contributed by atoms with Crippen molar-refractivity contribution in [3.8, 4) is 0 Å². The maximum Gasteiger partial charge on any atom is 0.309 e. The lowest BCUT2D eigenvalue weighted by atomic mass is 9.83. The quantitative estimate of drug-likeness (QED) is 0.582. The van der Waals surface area contributed by atoms with Gasteiger partial charge in [0.2, 0.25) is 0 Å². The Bertz CT molecular complexity index is 236. The topological polar surface area (TPSA) is 43.4 Å². The van der Waals surface area contributed by atoms with Crippen LogP contribution >= 0.6 is 0 Å². The molecule has 0 aromatic carbocycles. The van der Waals surface area contributed by atoms with Crippen LogP contribution in [-0.4, -0.2) is 18.4 Å². The summed E-state index contributed by atoms with van der Waals surface area (Å²) in [5.41, 5.74) is 0. The van der Waals surface area contributed by atoms with Crippen molar-refractivity contribution < 1.29 is 14.3 Å². The van der Waals surface area contributed by atoms with E-state index in [0.29, 0.717) is 19.4 Å². The van der Waals surface area contributed by atoms with E-state index in [-0.39, 0.29) is 23.6 Å². The number of carbonyl (C=O) groups excluding carboxylic acids is 2. The fourth-order valence-corrected chi connectivity index (χ4v) is 2.14. The summed E-state index contributed by atoms with van der Waals surface area (Å²) in [4.78, 5) is 23.8. The minimum atomic E-state index is -0.260. The molecule has 0 aromatic heterocycles. The first-order chi connectivity index (χ1) is 8.12. The molecule has 0 bridgehead atoms. The standard InChI is InChI=1S/C14H26O3/c1-5-9-10-13(15)11(6-2)12(7-3)14(16)17-8-4/h11-12H,5-10H2,1-4H3. The Morgan fingerprint density at radius 3 is 2.00 bits per heavy atom. The van der Waals surface area contributed by atoms with Crippen molar-refractivity contribution in [2.75, 3.05) is 6.61 Å². The Morgan fingerprint density at radius 2 is 1.59 bits per heavy atom. The van der Waals surface area contributed by atoms with Crippen molar-refractivity contribution in [3.05, 3.63) is 0 Å². The van der Waals surface area contributed by atoms with Crippen molar-refractivity contribution in [1.29, 1.82) is 0 Å². The molecule has 2 unspecified atom stereocenters. The molecule has 0 saturated carbocycles. The van der Waals surface area contributed by atoms with Crippen LogP contribution in [0, 0.1) is 11.8 Å². The number of unbranched alkanes of at least 4 members (excludes halogenated alkanes) is 1. The molecule has 0 aliphatic carbocycles. The highest BCUT2D eigenvalue weighted by Crippen LogP contribution is 2.24. The van der Waals surface area contributed by atoms with E-state index in [9.17, 15) is 9.59 Å². The number of rotatable bonds is 9. The van der Waals surface area contributed by atoms with Crippen molar-refractivity contribution in [3.63, 3.8) is 0 Å². The van der Waals surface area contributed by atoms with Crippen LogP contribution in [0.25, 0.3) is 0 Å². The van der Waals surface area contributed by atoms with Crippen LogP contribution < -0.4 is 0 Å². The number of Topliss-reactive ketones (excluding diaryl/α,β-unsaturated/α-hetero) is 1. The molecule has 100 valence electrons. The van der Waals surface area contributed by atoms with Crippen molar-refractivity contribution in [1.82, 2.24) is 0 Å². The number of ketones is 1. The highest BCUT2D eigenvalue weighted by atomic mass is 16.5. The van der Waals surface area contributed by atoms with Gasteiger partial charge < -0.3 is 4.74 Å². The Kier molecular flexibility index (Phi) is 8.73. The molecule has 0 heterocycles. The van der Waals surface area contributed by atoms with Crippen LogP contribution in [0.15, 0.2) is 0 Å². The van der Waals surface area contributed by atoms with Gasteiger partial charge in [0.15, 0.2) is 0 Å². The van der Waals surface area contributed by atoms with Crippen LogP contribution in [-0.2, 0) is 14.3 Å². The van der Waals surface area contributed by atoms with Gasteiger partial charge in [0.25, 0.3) is 0 Å². The fourth-order valence-electron chi connectivity index (χ4n) is 2.14. The Hall–Kier alpha value is -0.860. The monoisotopic (exact) mass is 242 g/mol. The van der Waals surface area contributed by atoms with Gasteiger partial charge in [-0.15, -0.1) is 0 Å². The van der Waals surface area contributed by atoms with Crippen LogP contribution in [0.4, 0.5) is 0 Å². The highest BCUT2D eigenvalue weighted by molar-refractivity contribution is 5.86. The molecule has 2 atom stereocenters. The zero-order valence-corrected chi connectivity index (χ0v) is 11.6. The predicted molar refractivity (Wildman–Crippen MR) is 68.7 cm³/mol. The molecule has 0 spiro atoms. The second-order valence-corrected chi connectivity index (χ2v) is 4.35. The molecule has 0 rings (SSSR count). The van der Waals surface area contributed by atoms with E-state index in [1.165, 1.54) is 0 Å². The summed E-state index contributed by atoms with van der Waals surface area (Å²) in [5, 5.41) is 0. The lowest BCUT2D eigenvalue weighted by molar-refractivity contribution is -0.152. The van der Waals surface area contributed by atoms with Crippen molar-refractivity contribution in [2.45, 2.75) is 59.8 Å². The largest absolute Gasteiger partial charge is 0.466 e. The minimum absolute atomic E-state index is 0.161. The summed E-state index contributed by atoms with van der Waals surface area (Å²) in [6.45, 7) is 8.16. The summed E-state index contributed by atoms with van der Waals surface area (Å²) in [6, 6.07) is 0. The van der Waals surface area contributed by atoms with Crippen LogP contribution in [0.5, 0.6) is 0 Å². The molecule has 0 radical (unpaired) electrons. The number of ether oxygens (including phenoxy) is 1. The average molecular weight is 242 g/mol. The van der Waals surface area contributed by atoms with Gasteiger partial charge in [-0.25, -0.2) is 0 Å². The summed E-state index contributed by atoms with van der Waals surface area (Å²) >= 11 is 0. The Balaban J connectivity index is 4.57. The van der Waals surface area contributed by atoms with Crippen LogP contribution in [0.2, 0.25) is 0 Å². The molecule has 3 nitrogen and oxygen atoms in total. The molecule has 0 saturated heterocycles. The Morgan fingerprint density at radius 1 is 1.00 bits per heavy atom. The first-order valence-electron chi connectivity index (χ1n) is 6.81. The minimum Gasteiger partial charge on any atom is -0.466 e. The second-order valence-electron chi connectivity index (χ2n) is 4.35. The summed E-state index contributed by atoms with van der Waals surface area (Å²) in [7, 11) is 0. The van der Waals surface area contributed by atoms with Gasteiger partial charge in [0.05, 0.1) is 12.5 Å². The van der Waals surface area contributed by atoms with Gasteiger partial charge in [0, 0.05) is 12.3 Å². The molecule has 0 amide bonds. The molecule has 0 fully saturated rings. The lowest BCUT2D eigenvalue weighted by Gasteiger charge is -2.22. The number of carbonyl (C=O) groups is 2. The molecule has 0 aliphatic rings. The molecular weight excluding hydrogens is 216 g/mol. The SMILES string of the molecule is CCCCC(=O)C(CC)C(CC)C(=O)OCC. The van der Waals surface area contributed by atoms with E-state index in [1.54, 1.807) is 6.92 Å². The summed E-state index contributed by atoms with van der Waals surface area (Å²) < 4.78 is 5.04. The zero-order chi connectivity index (χ0) is 13.3. The van der Waals surface area contributed by atoms with E-state index >= 15 is 0 Å².